The Morgan fingerprint density at radius 3 is 1.83 bits per heavy atom. The second kappa shape index (κ2) is 3.47. The summed E-state index contributed by atoms with van der Waals surface area (Å²) in [4.78, 5) is 0. The molecule has 0 aromatic carbocycles. The molecule has 0 heterocycles. The fourth-order valence-electron chi connectivity index (χ4n) is 0.351. The van der Waals surface area contributed by atoms with Crippen LogP contribution >= 0.6 is 0 Å². The van der Waals surface area contributed by atoms with Gasteiger partial charge in [0, 0.05) is 6.42 Å². The molecule has 3 N–H and O–H groups in total. The van der Waals surface area contributed by atoms with Crippen LogP contribution in [-0.4, -0.2) is 36.7 Å². The Hall–Kier alpha value is -0.510. The van der Waals surface area contributed by atoms with Crippen molar-refractivity contribution >= 4 is 25.3 Å². The summed E-state index contributed by atoms with van der Waals surface area (Å²) < 4.78 is 56.6. The Bertz CT molecular complexity index is 364. The van der Waals surface area contributed by atoms with Crippen molar-refractivity contribution in [3.05, 3.63) is 0 Å². The van der Waals surface area contributed by atoms with Gasteiger partial charge in [0.15, 0.2) is 5.04 Å². The van der Waals surface area contributed by atoms with Gasteiger partial charge in [-0.1, -0.05) is 0 Å². The highest BCUT2D eigenvalue weighted by atomic mass is 32.2. The quantitative estimate of drug-likeness (QED) is 0.319. The van der Waals surface area contributed by atoms with Crippen LogP contribution in [0.2, 0.25) is 0 Å². The van der Waals surface area contributed by atoms with Crippen LogP contribution in [0.25, 0.3) is 0 Å². The van der Waals surface area contributed by atoms with Gasteiger partial charge in [-0.15, -0.1) is 0 Å². The van der Waals surface area contributed by atoms with Crippen molar-refractivity contribution in [1.29, 1.82) is 5.41 Å². The van der Waals surface area contributed by atoms with E-state index in [-0.39, 0.29) is 0 Å². The van der Waals surface area contributed by atoms with Crippen molar-refractivity contribution in [3.63, 3.8) is 0 Å². The third kappa shape index (κ3) is 5.18. The lowest BCUT2D eigenvalue weighted by molar-refractivity contribution is 0.483. The van der Waals surface area contributed by atoms with Crippen molar-refractivity contribution in [2.75, 3.05) is 5.75 Å². The molecule has 0 aliphatic heterocycles. The summed E-state index contributed by atoms with van der Waals surface area (Å²) in [5, 5.41) is 5.47. The highest BCUT2D eigenvalue weighted by Crippen LogP contribution is 1.95. The van der Waals surface area contributed by atoms with E-state index in [2.05, 4.69) is 0 Å². The standard InChI is InChI=1S/C3H7NO6S2/c4-3(12(8,9)10)1-2-11(5,6)7/h4H,1-2H2,(H,5,6,7)(H,8,9,10). The second-order valence-electron chi connectivity index (χ2n) is 1.93. The fourth-order valence-corrected chi connectivity index (χ4v) is 1.30. The van der Waals surface area contributed by atoms with Gasteiger partial charge in [0.05, 0.1) is 5.75 Å². The van der Waals surface area contributed by atoms with E-state index >= 15 is 0 Å². The monoisotopic (exact) mass is 217 g/mol. The molecule has 72 valence electrons. The molecule has 0 aromatic rings. The lowest BCUT2D eigenvalue weighted by Gasteiger charge is -1.96. The third-order valence-corrected chi connectivity index (χ3v) is 2.45. The van der Waals surface area contributed by atoms with E-state index in [1.54, 1.807) is 0 Å². The lowest BCUT2D eigenvalue weighted by atomic mass is 10.5. The van der Waals surface area contributed by atoms with Crippen molar-refractivity contribution in [1.82, 2.24) is 0 Å². The zero-order valence-corrected chi connectivity index (χ0v) is 7.39. The normalized spacial score (nSPS) is 12.8. The first-order chi connectivity index (χ1) is 5.13. The average molecular weight is 217 g/mol. The first-order valence-corrected chi connectivity index (χ1v) is 5.68. The molecule has 0 aliphatic rings. The van der Waals surface area contributed by atoms with Gasteiger partial charge in [-0.2, -0.15) is 16.8 Å². The number of hydrogen-bond acceptors (Lipinski definition) is 5. The predicted molar refractivity (Wildman–Crippen MR) is 40.3 cm³/mol. The SMILES string of the molecule is N=C(CCS(=O)(=O)O)S(=O)(=O)O. The molecule has 0 saturated heterocycles. The Kier molecular flexibility index (Phi) is 3.33. The molecule has 0 aromatic heterocycles. The third-order valence-electron chi connectivity index (χ3n) is 0.898. The molecule has 0 unspecified atom stereocenters. The molecule has 0 atom stereocenters. The van der Waals surface area contributed by atoms with Crippen LogP contribution in [0.5, 0.6) is 0 Å². The molecule has 0 radical (unpaired) electrons. The predicted octanol–water partition coefficient (Wildman–Crippen LogP) is -0.871. The van der Waals surface area contributed by atoms with Crippen LogP contribution in [-0.2, 0) is 20.2 Å². The summed E-state index contributed by atoms with van der Waals surface area (Å²) >= 11 is 0. The van der Waals surface area contributed by atoms with Crippen LogP contribution in [0.4, 0.5) is 0 Å². The zero-order chi connectivity index (χ0) is 9.99. The molecule has 0 fully saturated rings. The van der Waals surface area contributed by atoms with E-state index in [1.807, 2.05) is 0 Å². The average Bonchev–Trinajstić information content (AvgIpc) is 1.78. The van der Waals surface area contributed by atoms with Gasteiger partial charge < -0.3 is 0 Å². The molecule has 9 heteroatoms. The Balaban J connectivity index is 4.27. The summed E-state index contributed by atoms with van der Waals surface area (Å²) in [5.74, 6) is -0.897. The Labute approximate surface area is 69.4 Å². The smallest absolute Gasteiger partial charge is 0.292 e. The molecule has 0 rings (SSSR count). The summed E-state index contributed by atoms with van der Waals surface area (Å²) in [6.07, 6.45) is -0.738. The van der Waals surface area contributed by atoms with Crippen LogP contribution < -0.4 is 0 Å². The van der Waals surface area contributed by atoms with E-state index in [9.17, 15) is 16.8 Å². The molecule has 0 amide bonds. The summed E-state index contributed by atoms with van der Waals surface area (Å²) in [7, 11) is -8.91. The van der Waals surface area contributed by atoms with Crippen molar-refractivity contribution in [2.45, 2.75) is 6.42 Å². The van der Waals surface area contributed by atoms with E-state index in [0.717, 1.165) is 0 Å². The first kappa shape index (κ1) is 11.5. The van der Waals surface area contributed by atoms with Gasteiger partial charge in [-0.05, 0) is 0 Å². The van der Waals surface area contributed by atoms with Crippen LogP contribution in [0.1, 0.15) is 6.42 Å². The summed E-state index contributed by atoms with van der Waals surface area (Å²) in [6, 6.07) is 0. The highest BCUT2D eigenvalue weighted by Gasteiger charge is 2.16. The van der Waals surface area contributed by atoms with Crippen molar-refractivity contribution in [2.24, 2.45) is 0 Å². The fraction of sp³-hybridized carbons (Fsp3) is 0.667. The van der Waals surface area contributed by atoms with Gasteiger partial charge in [0.25, 0.3) is 10.1 Å². The summed E-state index contributed by atoms with van der Waals surface area (Å²) in [6.45, 7) is 0. The van der Waals surface area contributed by atoms with Crippen LogP contribution in [0.3, 0.4) is 0 Å². The number of rotatable bonds is 3. The van der Waals surface area contributed by atoms with E-state index in [0.29, 0.717) is 0 Å². The van der Waals surface area contributed by atoms with E-state index in [1.165, 1.54) is 0 Å². The molecule has 7 nitrogen and oxygen atoms in total. The van der Waals surface area contributed by atoms with E-state index < -0.39 is 37.5 Å². The Morgan fingerprint density at radius 1 is 1.17 bits per heavy atom. The Morgan fingerprint density at radius 2 is 1.58 bits per heavy atom. The maximum absolute atomic E-state index is 10.1. The molecular formula is C3H7NO6S2. The van der Waals surface area contributed by atoms with Crippen molar-refractivity contribution in [3.8, 4) is 0 Å². The topological polar surface area (TPSA) is 133 Å². The van der Waals surface area contributed by atoms with Gasteiger partial charge in [-0.3, -0.25) is 14.5 Å². The number of nitrogens with one attached hydrogen (secondary N) is 1. The second-order valence-corrected chi connectivity index (χ2v) is 4.95. The molecule has 0 bridgehead atoms. The maximum atomic E-state index is 10.1. The minimum Gasteiger partial charge on any atom is -0.292 e. The van der Waals surface area contributed by atoms with Crippen LogP contribution in [0.15, 0.2) is 0 Å². The van der Waals surface area contributed by atoms with Gasteiger partial charge in [0.1, 0.15) is 0 Å². The van der Waals surface area contributed by atoms with E-state index in [4.69, 9.17) is 14.5 Å². The van der Waals surface area contributed by atoms with Gasteiger partial charge >= 0.3 is 10.1 Å². The van der Waals surface area contributed by atoms with Crippen LogP contribution in [0, 0.1) is 5.41 Å². The highest BCUT2D eigenvalue weighted by molar-refractivity contribution is 8.01. The minimum atomic E-state index is -4.62. The lowest BCUT2D eigenvalue weighted by Crippen LogP contribution is -2.16. The molecular weight excluding hydrogens is 210 g/mol. The zero-order valence-electron chi connectivity index (χ0n) is 5.76. The molecule has 0 aliphatic carbocycles. The van der Waals surface area contributed by atoms with Gasteiger partial charge in [-0.25, -0.2) is 0 Å². The molecule has 0 spiro atoms. The summed E-state index contributed by atoms with van der Waals surface area (Å²) in [5.41, 5.74) is 0. The molecule has 0 saturated carbocycles. The maximum Gasteiger partial charge on any atom is 0.307 e. The van der Waals surface area contributed by atoms with Crippen molar-refractivity contribution < 1.29 is 25.9 Å². The largest absolute Gasteiger partial charge is 0.307 e. The van der Waals surface area contributed by atoms with Gasteiger partial charge in [0.2, 0.25) is 0 Å². The molecule has 12 heavy (non-hydrogen) atoms. The number of hydrogen-bond donors (Lipinski definition) is 3. The minimum absolute atomic E-state index is 0.738. The first-order valence-electron chi connectivity index (χ1n) is 2.63.